The number of amides is 1. The van der Waals surface area contributed by atoms with E-state index in [9.17, 15) is 18.8 Å². The van der Waals surface area contributed by atoms with Gasteiger partial charge in [0.1, 0.15) is 11.4 Å². The van der Waals surface area contributed by atoms with Gasteiger partial charge in [0, 0.05) is 17.1 Å². The fourth-order valence-electron chi connectivity index (χ4n) is 2.43. The number of halogens is 1. The fourth-order valence-corrected chi connectivity index (χ4v) is 2.43. The van der Waals surface area contributed by atoms with Crippen LogP contribution < -0.4 is 10.7 Å². The molecule has 0 atom stereocenters. The van der Waals surface area contributed by atoms with Crippen LogP contribution in [0.25, 0.3) is 10.9 Å². The molecule has 6 nitrogen and oxygen atoms in total. The SMILES string of the molecule is COC(=O)c1ccccc1NC(=O)c1c[nH]c2ccc(F)cc2c1=O. The first-order valence-electron chi connectivity index (χ1n) is 7.31. The van der Waals surface area contributed by atoms with Gasteiger partial charge in [0.15, 0.2) is 0 Å². The van der Waals surface area contributed by atoms with E-state index in [1.165, 1.54) is 37.6 Å². The van der Waals surface area contributed by atoms with Crippen molar-refractivity contribution in [3.8, 4) is 0 Å². The monoisotopic (exact) mass is 340 g/mol. The molecule has 3 aromatic rings. The van der Waals surface area contributed by atoms with Crippen LogP contribution in [0.4, 0.5) is 10.1 Å². The van der Waals surface area contributed by atoms with Gasteiger partial charge in [-0.15, -0.1) is 0 Å². The summed E-state index contributed by atoms with van der Waals surface area (Å²) < 4.78 is 18.0. The highest BCUT2D eigenvalue weighted by molar-refractivity contribution is 6.08. The number of ether oxygens (including phenoxy) is 1. The lowest BCUT2D eigenvalue weighted by Gasteiger charge is -2.09. The second kappa shape index (κ2) is 6.56. The van der Waals surface area contributed by atoms with Crippen LogP contribution in [0.15, 0.2) is 53.5 Å². The average Bonchev–Trinajstić information content (AvgIpc) is 2.62. The number of hydrogen-bond acceptors (Lipinski definition) is 4. The topological polar surface area (TPSA) is 88.3 Å². The standard InChI is InChI=1S/C18H13FN2O4/c1-25-18(24)11-4-2-3-5-15(11)21-17(23)13-9-20-14-7-6-10(19)8-12(14)16(13)22/h2-9H,1H3,(H,20,22)(H,21,23). The normalized spacial score (nSPS) is 10.5. The first kappa shape index (κ1) is 16.4. The zero-order valence-electron chi connectivity index (χ0n) is 13.1. The number of nitrogens with one attached hydrogen (secondary N) is 2. The van der Waals surface area contributed by atoms with Crippen molar-refractivity contribution >= 4 is 28.5 Å². The summed E-state index contributed by atoms with van der Waals surface area (Å²) in [5, 5.41) is 2.57. The Kier molecular flexibility index (Phi) is 4.30. The minimum absolute atomic E-state index is 0.0638. The van der Waals surface area contributed by atoms with Crippen LogP contribution in [0.2, 0.25) is 0 Å². The van der Waals surface area contributed by atoms with E-state index in [1.807, 2.05) is 0 Å². The summed E-state index contributed by atoms with van der Waals surface area (Å²) in [6, 6.07) is 9.94. The Morgan fingerprint density at radius 3 is 2.64 bits per heavy atom. The molecule has 126 valence electrons. The third-order valence-electron chi connectivity index (χ3n) is 3.67. The first-order chi connectivity index (χ1) is 12.0. The molecule has 0 aliphatic heterocycles. The van der Waals surface area contributed by atoms with Gasteiger partial charge in [0.05, 0.1) is 18.4 Å². The van der Waals surface area contributed by atoms with Crippen LogP contribution in [-0.2, 0) is 4.74 Å². The molecule has 0 saturated carbocycles. The van der Waals surface area contributed by atoms with Crippen molar-refractivity contribution in [3.05, 3.63) is 75.8 Å². The number of methoxy groups -OCH3 is 1. The molecule has 2 aromatic carbocycles. The largest absolute Gasteiger partial charge is 0.465 e. The lowest BCUT2D eigenvalue weighted by molar-refractivity contribution is 0.0602. The van der Waals surface area contributed by atoms with Crippen molar-refractivity contribution in [3.63, 3.8) is 0 Å². The molecule has 1 heterocycles. The number of aromatic nitrogens is 1. The van der Waals surface area contributed by atoms with Gasteiger partial charge in [-0.2, -0.15) is 0 Å². The van der Waals surface area contributed by atoms with Crippen molar-refractivity contribution < 1.29 is 18.7 Å². The maximum atomic E-state index is 13.4. The number of hydrogen-bond donors (Lipinski definition) is 2. The van der Waals surface area contributed by atoms with Gasteiger partial charge in [0.2, 0.25) is 5.43 Å². The maximum absolute atomic E-state index is 13.4. The van der Waals surface area contributed by atoms with E-state index in [-0.39, 0.29) is 22.2 Å². The number of para-hydroxylation sites is 1. The Bertz CT molecular complexity index is 1040. The van der Waals surface area contributed by atoms with Crippen molar-refractivity contribution in [2.75, 3.05) is 12.4 Å². The predicted octanol–water partition coefficient (Wildman–Crippen LogP) is 2.71. The third kappa shape index (κ3) is 3.12. The minimum atomic E-state index is -0.719. The molecular formula is C18H13FN2O4. The number of aromatic amines is 1. The number of benzene rings is 2. The second-order valence-corrected chi connectivity index (χ2v) is 5.21. The number of rotatable bonds is 3. The Morgan fingerprint density at radius 2 is 1.88 bits per heavy atom. The molecule has 7 heteroatoms. The number of H-pyrrole nitrogens is 1. The molecular weight excluding hydrogens is 327 g/mol. The molecule has 2 N–H and O–H groups in total. The van der Waals surface area contributed by atoms with Crippen molar-refractivity contribution in [2.24, 2.45) is 0 Å². The molecule has 0 unspecified atom stereocenters. The number of pyridine rings is 1. The maximum Gasteiger partial charge on any atom is 0.339 e. The van der Waals surface area contributed by atoms with Crippen LogP contribution in [-0.4, -0.2) is 24.0 Å². The molecule has 1 amide bonds. The van der Waals surface area contributed by atoms with Crippen LogP contribution in [0.1, 0.15) is 20.7 Å². The lowest BCUT2D eigenvalue weighted by Crippen LogP contribution is -2.23. The van der Waals surface area contributed by atoms with Gasteiger partial charge in [-0.25, -0.2) is 9.18 Å². The van der Waals surface area contributed by atoms with E-state index in [2.05, 4.69) is 15.0 Å². The third-order valence-corrected chi connectivity index (χ3v) is 3.67. The molecule has 0 aliphatic carbocycles. The average molecular weight is 340 g/mol. The zero-order valence-corrected chi connectivity index (χ0v) is 13.1. The van der Waals surface area contributed by atoms with E-state index < -0.39 is 23.1 Å². The molecule has 0 radical (unpaired) electrons. The smallest absolute Gasteiger partial charge is 0.339 e. The minimum Gasteiger partial charge on any atom is -0.465 e. The summed E-state index contributed by atoms with van der Waals surface area (Å²) in [6.45, 7) is 0. The van der Waals surface area contributed by atoms with Gasteiger partial charge in [0.25, 0.3) is 5.91 Å². The molecule has 25 heavy (non-hydrogen) atoms. The number of esters is 1. The Morgan fingerprint density at radius 1 is 1.12 bits per heavy atom. The van der Waals surface area contributed by atoms with Gasteiger partial charge in [-0.1, -0.05) is 12.1 Å². The highest BCUT2D eigenvalue weighted by Crippen LogP contribution is 2.17. The number of fused-ring (bicyclic) bond motifs is 1. The highest BCUT2D eigenvalue weighted by Gasteiger charge is 2.17. The summed E-state index contributed by atoms with van der Waals surface area (Å²) in [5.41, 5.74) is -0.0309. The van der Waals surface area contributed by atoms with Gasteiger partial charge >= 0.3 is 5.97 Å². The number of carbonyl (C=O) groups is 2. The fraction of sp³-hybridized carbons (Fsp3) is 0.0556. The molecule has 1 aromatic heterocycles. The van der Waals surface area contributed by atoms with Crippen LogP contribution >= 0.6 is 0 Å². The quantitative estimate of drug-likeness (QED) is 0.718. The van der Waals surface area contributed by atoms with E-state index in [1.54, 1.807) is 12.1 Å². The van der Waals surface area contributed by atoms with E-state index in [0.29, 0.717) is 5.52 Å². The number of anilines is 1. The summed E-state index contributed by atoms with van der Waals surface area (Å²) in [6.07, 6.45) is 1.25. The van der Waals surface area contributed by atoms with Gasteiger partial charge in [-0.05, 0) is 30.3 Å². The second-order valence-electron chi connectivity index (χ2n) is 5.21. The molecule has 0 bridgehead atoms. The predicted molar refractivity (Wildman–Crippen MR) is 90.3 cm³/mol. The van der Waals surface area contributed by atoms with E-state index in [0.717, 1.165) is 6.07 Å². The van der Waals surface area contributed by atoms with Crippen molar-refractivity contribution in [1.29, 1.82) is 0 Å². The lowest BCUT2D eigenvalue weighted by atomic mass is 10.1. The molecule has 3 rings (SSSR count). The summed E-state index contributed by atoms with van der Waals surface area (Å²) in [4.78, 5) is 39.4. The summed E-state index contributed by atoms with van der Waals surface area (Å²) in [5.74, 6) is -1.92. The van der Waals surface area contributed by atoms with Crippen molar-refractivity contribution in [1.82, 2.24) is 4.98 Å². The van der Waals surface area contributed by atoms with Crippen molar-refractivity contribution in [2.45, 2.75) is 0 Å². The van der Waals surface area contributed by atoms with Crippen LogP contribution in [0.3, 0.4) is 0 Å². The highest BCUT2D eigenvalue weighted by atomic mass is 19.1. The Hall–Kier alpha value is -3.48. The van der Waals surface area contributed by atoms with Gasteiger partial charge in [-0.3, -0.25) is 9.59 Å². The zero-order chi connectivity index (χ0) is 18.0. The Labute approximate surface area is 141 Å². The van der Waals surface area contributed by atoms with Crippen LogP contribution in [0.5, 0.6) is 0 Å². The Balaban J connectivity index is 2.00. The molecule has 0 aliphatic rings. The van der Waals surface area contributed by atoms with E-state index in [4.69, 9.17) is 0 Å². The molecule has 0 spiro atoms. The molecule has 0 fully saturated rings. The molecule has 0 saturated heterocycles. The first-order valence-corrected chi connectivity index (χ1v) is 7.31. The van der Waals surface area contributed by atoms with Gasteiger partial charge < -0.3 is 15.0 Å². The number of carbonyl (C=O) groups excluding carboxylic acids is 2. The summed E-state index contributed by atoms with van der Waals surface area (Å²) >= 11 is 0. The van der Waals surface area contributed by atoms with E-state index >= 15 is 0 Å². The van der Waals surface area contributed by atoms with Crippen LogP contribution in [0, 0.1) is 5.82 Å². The summed E-state index contributed by atoms with van der Waals surface area (Å²) in [7, 11) is 1.23.